The number of aliphatic hydroxyl groups is 1. The summed E-state index contributed by atoms with van der Waals surface area (Å²) in [6.07, 6.45) is 1.73. The highest BCUT2D eigenvalue weighted by Gasteiger charge is 2.26. The fourth-order valence-corrected chi connectivity index (χ4v) is 2.76. The number of rotatable bonds is 4. The quantitative estimate of drug-likeness (QED) is 0.889. The average Bonchev–Trinajstić information content (AvgIpc) is 2.75. The molecule has 0 aliphatic carbocycles. The molecule has 1 aliphatic rings. The van der Waals surface area contributed by atoms with Crippen LogP contribution in [0.4, 0.5) is 4.39 Å². The molecular formula is C15H22FNO. The van der Waals surface area contributed by atoms with E-state index < -0.39 is 6.10 Å². The largest absolute Gasteiger partial charge is 0.388 e. The first-order valence-corrected chi connectivity index (χ1v) is 6.76. The van der Waals surface area contributed by atoms with E-state index in [0.717, 1.165) is 13.1 Å². The first-order valence-electron chi connectivity index (χ1n) is 6.76. The minimum absolute atomic E-state index is 0.0439. The van der Waals surface area contributed by atoms with Crippen molar-refractivity contribution in [3.05, 3.63) is 35.6 Å². The Kier molecular flexibility index (Phi) is 4.36. The van der Waals surface area contributed by atoms with Crippen LogP contribution in [-0.4, -0.2) is 29.1 Å². The minimum atomic E-state index is -0.723. The van der Waals surface area contributed by atoms with Crippen molar-refractivity contribution < 1.29 is 9.50 Å². The molecule has 2 nitrogen and oxygen atoms in total. The van der Waals surface area contributed by atoms with Crippen molar-refractivity contribution in [1.29, 1.82) is 0 Å². The maximum atomic E-state index is 13.6. The van der Waals surface area contributed by atoms with Crippen LogP contribution >= 0.6 is 0 Å². The Labute approximate surface area is 108 Å². The van der Waals surface area contributed by atoms with E-state index >= 15 is 0 Å². The Morgan fingerprint density at radius 2 is 2.17 bits per heavy atom. The lowest BCUT2D eigenvalue weighted by atomic mass is 9.96. The summed E-state index contributed by atoms with van der Waals surface area (Å²) in [6, 6.07) is 7.08. The molecule has 100 valence electrons. The number of hydrogen-bond acceptors (Lipinski definition) is 2. The molecule has 1 aromatic rings. The molecule has 0 amide bonds. The van der Waals surface area contributed by atoms with Crippen molar-refractivity contribution in [3.8, 4) is 0 Å². The lowest BCUT2D eigenvalue weighted by Crippen LogP contribution is -2.33. The van der Waals surface area contributed by atoms with Crippen LogP contribution in [0.5, 0.6) is 0 Å². The van der Waals surface area contributed by atoms with Gasteiger partial charge in [-0.05, 0) is 38.3 Å². The van der Waals surface area contributed by atoms with Crippen LogP contribution in [0.25, 0.3) is 0 Å². The molecule has 18 heavy (non-hydrogen) atoms. The van der Waals surface area contributed by atoms with Gasteiger partial charge in [0.1, 0.15) is 5.82 Å². The lowest BCUT2D eigenvalue weighted by Gasteiger charge is -2.28. The van der Waals surface area contributed by atoms with Gasteiger partial charge in [0.15, 0.2) is 0 Å². The van der Waals surface area contributed by atoms with Crippen molar-refractivity contribution >= 4 is 0 Å². The van der Waals surface area contributed by atoms with E-state index in [4.69, 9.17) is 0 Å². The molecule has 3 atom stereocenters. The first kappa shape index (κ1) is 13.5. The summed E-state index contributed by atoms with van der Waals surface area (Å²) in [5.74, 6) is -0.270. The Hall–Kier alpha value is -0.930. The molecule has 3 unspecified atom stereocenters. The van der Waals surface area contributed by atoms with E-state index in [0.29, 0.717) is 11.6 Å². The van der Waals surface area contributed by atoms with Crippen LogP contribution in [0.1, 0.15) is 38.4 Å². The molecule has 2 rings (SSSR count). The van der Waals surface area contributed by atoms with Crippen molar-refractivity contribution in [3.63, 3.8) is 0 Å². The van der Waals surface area contributed by atoms with Gasteiger partial charge in [-0.25, -0.2) is 4.39 Å². The van der Waals surface area contributed by atoms with Gasteiger partial charge in [0.05, 0.1) is 6.10 Å². The van der Waals surface area contributed by atoms with Crippen molar-refractivity contribution in [2.45, 2.75) is 38.8 Å². The first-order chi connectivity index (χ1) is 8.59. The predicted molar refractivity (Wildman–Crippen MR) is 70.8 cm³/mol. The second-order valence-corrected chi connectivity index (χ2v) is 5.43. The smallest absolute Gasteiger partial charge is 0.129 e. The van der Waals surface area contributed by atoms with Gasteiger partial charge in [-0.3, -0.25) is 0 Å². The van der Waals surface area contributed by atoms with Crippen LogP contribution < -0.4 is 0 Å². The lowest BCUT2D eigenvalue weighted by molar-refractivity contribution is 0.0835. The number of aliphatic hydroxyl groups excluding tert-OH is 1. The molecule has 0 saturated carbocycles. The summed E-state index contributed by atoms with van der Waals surface area (Å²) in [5, 5.41) is 10.2. The maximum Gasteiger partial charge on any atom is 0.129 e. The van der Waals surface area contributed by atoms with Gasteiger partial charge in [-0.15, -0.1) is 0 Å². The third kappa shape index (κ3) is 2.90. The monoisotopic (exact) mass is 251 g/mol. The molecule has 0 radical (unpaired) electrons. The molecule has 1 aromatic carbocycles. The highest BCUT2D eigenvalue weighted by atomic mass is 19.1. The number of halogens is 1. The van der Waals surface area contributed by atoms with Crippen LogP contribution in [0.3, 0.4) is 0 Å². The fourth-order valence-electron chi connectivity index (χ4n) is 2.76. The highest BCUT2D eigenvalue weighted by molar-refractivity contribution is 5.20. The van der Waals surface area contributed by atoms with Gasteiger partial charge in [0.25, 0.3) is 0 Å². The van der Waals surface area contributed by atoms with Crippen molar-refractivity contribution in [2.24, 2.45) is 5.92 Å². The standard InChI is InChI=1S/C15H22FNO/c1-11(10-17-9-5-6-12(17)2)15(18)13-7-3-4-8-14(13)16/h3-4,7-8,11-12,15,18H,5-6,9-10H2,1-2H3. The molecule has 1 aliphatic heterocycles. The van der Waals surface area contributed by atoms with Crippen LogP contribution in [0.2, 0.25) is 0 Å². The Bertz CT molecular complexity index is 396. The topological polar surface area (TPSA) is 23.5 Å². The highest BCUT2D eigenvalue weighted by Crippen LogP contribution is 2.27. The van der Waals surface area contributed by atoms with E-state index in [-0.39, 0.29) is 11.7 Å². The summed E-state index contributed by atoms with van der Waals surface area (Å²) in [6.45, 7) is 6.13. The third-order valence-corrected chi connectivity index (χ3v) is 3.98. The molecule has 0 bridgehead atoms. The van der Waals surface area contributed by atoms with Crippen molar-refractivity contribution in [1.82, 2.24) is 4.90 Å². The van der Waals surface area contributed by atoms with E-state index in [1.807, 2.05) is 6.92 Å². The molecular weight excluding hydrogens is 229 g/mol. The number of nitrogens with zero attached hydrogens (tertiary/aromatic N) is 1. The second kappa shape index (κ2) is 5.81. The van der Waals surface area contributed by atoms with Gasteiger partial charge in [0.2, 0.25) is 0 Å². The van der Waals surface area contributed by atoms with Gasteiger partial charge in [0, 0.05) is 18.2 Å². The second-order valence-electron chi connectivity index (χ2n) is 5.43. The van der Waals surface area contributed by atoms with Crippen LogP contribution in [-0.2, 0) is 0 Å². The zero-order valence-electron chi connectivity index (χ0n) is 11.1. The van der Waals surface area contributed by atoms with Crippen LogP contribution in [0.15, 0.2) is 24.3 Å². The molecule has 1 fully saturated rings. The zero-order chi connectivity index (χ0) is 13.1. The normalized spacial score (nSPS) is 24.1. The van der Waals surface area contributed by atoms with Gasteiger partial charge < -0.3 is 10.0 Å². The van der Waals surface area contributed by atoms with Gasteiger partial charge in [-0.1, -0.05) is 25.1 Å². The molecule has 1 saturated heterocycles. The molecule has 3 heteroatoms. The van der Waals surface area contributed by atoms with E-state index in [1.54, 1.807) is 18.2 Å². The van der Waals surface area contributed by atoms with E-state index in [1.165, 1.54) is 18.9 Å². The van der Waals surface area contributed by atoms with Gasteiger partial charge >= 0.3 is 0 Å². The fraction of sp³-hybridized carbons (Fsp3) is 0.600. The predicted octanol–water partition coefficient (Wildman–Crippen LogP) is 2.98. The number of likely N-dealkylation sites (tertiary alicyclic amines) is 1. The SMILES string of the molecule is CC(CN1CCCC1C)C(O)c1ccccc1F. The average molecular weight is 251 g/mol. The maximum absolute atomic E-state index is 13.6. The molecule has 1 heterocycles. The van der Waals surface area contributed by atoms with Crippen LogP contribution in [0, 0.1) is 11.7 Å². The Balaban J connectivity index is 2.00. The van der Waals surface area contributed by atoms with Crippen molar-refractivity contribution in [2.75, 3.05) is 13.1 Å². The summed E-state index contributed by atoms with van der Waals surface area (Å²) in [4.78, 5) is 2.38. The molecule has 0 spiro atoms. The Morgan fingerprint density at radius 3 is 2.78 bits per heavy atom. The molecule has 1 N–H and O–H groups in total. The molecule has 0 aromatic heterocycles. The minimum Gasteiger partial charge on any atom is -0.388 e. The van der Waals surface area contributed by atoms with E-state index in [9.17, 15) is 9.50 Å². The zero-order valence-corrected chi connectivity index (χ0v) is 11.1. The summed E-state index contributed by atoms with van der Waals surface area (Å²) >= 11 is 0. The number of hydrogen-bond donors (Lipinski definition) is 1. The third-order valence-electron chi connectivity index (χ3n) is 3.98. The summed E-state index contributed by atoms with van der Waals surface area (Å²) < 4.78 is 13.6. The summed E-state index contributed by atoms with van der Waals surface area (Å²) in [5.41, 5.74) is 0.414. The Morgan fingerprint density at radius 1 is 1.44 bits per heavy atom. The van der Waals surface area contributed by atoms with Gasteiger partial charge in [-0.2, -0.15) is 0 Å². The number of benzene rings is 1. The summed E-state index contributed by atoms with van der Waals surface area (Å²) in [7, 11) is 0. The van der Waals surface area contributed by atoms with E-state index in [2.05, 4.69) is 11.8 Å².